The minimum atomic E-state index is -4.54. The molecule has 2 heterocycles. The molecule has 0 saturated carbocycles. The molecule has 0 fully saturated rings. The van der Waals surface area contributed by atoms with Crippen LogP contribution in [0.5, 0.6) is 0 Å². The lowest BCUT2D eigenvalue weighted by molar-refractivity contribution is -0.136. The van der Waals surface area contributed by atoms with E-state index in [0.29, 0.717) is 0 Å². The number of aryl methyl sites for hydroxylation is 1. The van der Waals surface area contributed by atoms with Crippen LogP contribution in [-0.2, 0) is 19.0 Å². The maximum Gasteiger partial charge on any atom is 0.418 e. The van der Waals surface area contributed by atoms with Crippen molar-refractivity contribution in [2.24, 2.45) is 0 Å². The van der Waals surface area contributed by atoms with Crippen LogP contribution in [0.3, 0.4) is 0 Å². The fourth-order valence-electron chi connectivity index (χ4n) is 3.95. The second-order valence-electron chi connectivity index (χ2n) is 7.38. The van der Waals surface area contributed by atoms with Crippen LogP contribution in [0.25, 0.3) is 5.00 Å². The first-order chi connectivity index (χ1) is 14.3. The van der Waals surface area contributed by atoms with Crippen LogP contribution in [-0.4, -0.2) is 10.6 Å². The second-order valence-corrected chi connectivity index (χ2v) is 8.47. The fourth-order valence-corrected chi connectivity index (χ4v) is 5.40. The van der Waals surface area contributed by atoms with Crippen LogP contribution in [0.4, 0.5) is 23.7 Å². The van der Waals surface area contributed by atoms with Crippen LogP contribution in [0.1, 0.15) is 47.4 Å². The number of nitrogens with zero attached hydrogens (tertiary/aromatic N) is 1. The van der Waals surface area contributed by atoms with Crippen LogP contribution in [0, 0.1) is 0 Å². The van der Waals surface area contributed by atoms with Crippen LogP contribution in [0.15, 0.2) is 48.8 Å². The van der Waals surface area contributed by atoms with Crippen molar-refractivity contribution in [2.45, 2.75) is 44.8 Å². The second kappa shape index (κ2) is 8.18. The third kappa shape index (κ3) is 4.09. The van der Waals surface area contributed by atoms with Gasteiger partial charge in [0.15, 0.2) is 0 Å². The maximum atomic E-state index is 13.2. The van der Waals surface area contributed by atoms with Crippen molar-refractivity contribution in [3.05, 3.63) is 70.4 Å². The zero-order valence-corrected chi connectivity index (χ0v) is 17.2. The number of aromatic nitrogens is 1. The van der Waals surface area contributed by atoms with Crippen molar-refractivity contribution in [1.82, 2.24) is 9.88 Å². The predicted octanol–water partition coefficient (Wildman–Crippen LogP) is 6.32. The van der Waals surface area contributed by atoms with Crippen LogP contribution < -0.4 is 10.6 Å². The van der Waals surface area contributed by atoms with E-state index in [1.165, 1.54) is 28.6 Å². The van der Waals surface area contributed by atoms with E-state index in [2.05, 4.69) is 10.6 Å². The van der Waals surface area contributed by atoms with Gasteiger partial charge in [0.25, 0.3) is 0 Å². The average molecular weight is 433 g/mol. The topological polar surface area (TPSA) is 46.1 Å². The first-order valence-electron chi connectivity index (χ1n) is 9.86. The lowest BCUT2D eigenvalue weighted by Gasteiger charge is -2.21. The number of alkyl halides is 3. The standard InChI is InChI=1S/C22H22F3N3OS/c1-14(26-21(29)27-17-10-4-3-9-16(17)22(23,24)25)19-15-8-2-5-11-18(15)30-20(19)28-12-6-7-13-28/h3-4,6-7,9-10,12-14H,2,5,8,11H2,1H3,(H2,26,27,29)/t14-/m1/s1. The van der Waals surface area contributed by atoms with E-state index in [9.17, 15) is 18.0 Å². The van der Waals surface area contributed by atoms with Gasteiger partial charge in [0, 0.05) is 22.8 Å². The number of carbonyl (C=O) groups excluding carboxylic acids is 1. The quantitative estimate of drug-likeness (QED) is 0.497. The van der Waals surface area contributed by atoms with E-state index >= 15 is 0 Å². The van der Waals surface area contributed by atoms with Crippen molar-refractivity contribution >= 4 is 23.1 Å². The molecule has 0 aliphatic heterocycles. The number of fused-ring (bicyclic) bond motifs is 1. The summed E-state index contributed by atoms with van der Waals surface area (Å²) in [7, 11) is 0. The van der Waals surface area contributed by atoms with Gasteiger partial charge in [0.1, 0.15) is 5.00 Å². The van der Waals surface area contributed by atoms with Gasteiger partial charge >= 0.3 is 12.2 Å². The summed E-state index contributed by atoms with van der Waals surface area (Å²) in [5.74, 6) is 0. The molecule has 1 atom stereocenters. The summed E-state index contributed by atoms with van der Waals surface area (Å²) in [5, 5.41) is 6.26. The monoisotopic (exact) mass is 433 g/mol. The molecule has 158 valence electrons. The van der Waals surface area contributed by atoms with Crippen molar-refractivity contribution in [2.75, 3.05) is 5.32 Å². The Morgan fingerprint density at radius 2 is 1.80 bits per heavy atom. The largest absolute Gasteiger partial charge is 0.418 e. The molecule has 2 aromatic heterocycles. The summed E-state index contributed by atoms with van der Waals surface area (Å²) >= 11 is 1.73. The molecule has 0 radical (unpaired) electrons. The molecule has 1 aliphatic carbocycles. The number of rotatable bonds is 4. The van der Waals surface area contributed by atoms with Crippen molar-refractivity contribution in [1.29, 1.82) is 0 Å². The number of carbonyl (C=O) groups is 1. The summed E-state index contributed by atoms with van der Waals surface area (Å²) in [6, 6.07) is 7.86. The van der Waals surface area contributed by atoms with E-state index in [0.717, 1.165) is 42.3 Å². The molecule has 30 heavy (non-hydrogen) atoms. The molecule has 0 unspecified atom stereocenters. The van der Waals surface area contributed by atoms with Crippen molar-refractivity contribution in [3.8, 4) is 5.00 Å². The van der Waals surface area contributed by atoms with Gasteiger partial charge in [-0.05, 0) is 62.4 Å². The smallest absolute Gasteiger partial charge is 0.331 e. The highest BCUT2D eigenvalue weighted by Gasteiger charge is 2.34. The molecule has 0 saturated heterocycles. The molecule has 2 amide bonds. The van der Waals surface area contributed by atoms with Gasteiger partial charge in [-0.25, -0.2) is 4.79 Å². The van der Waals surface area contributed by atoms with Crippen LogP contribution in [0.2, 0.25) is 0 Å². The highest BCUT2D eigenvalue weighted by molar-refractivity contribution is 7.15. The third-order valence-corrected chi connectivity index (χ3v) is 6.61. The number of hydrogen-bond acceptors (Lipinski definition) is 2. The maximum absolute atomic E-state index is 13.2. The Kier molecular flexibility index (Phi) is 5.60. The van der Waals surface area contributed by atoms with Crippen molar-refractivity contribution in [3.63, 3.8) is 0 Å². The molecular weight excluding hydrogens is 411 g/mol. The van der Waals surface area contributed by atoms with Crippen LogP contribution >= 0.6 is 11.3 Å². The molecule has 4 rings (SSSR count). The minimum absolute atomic E-state index is 0.257. The van der Waals surface area contributed by atoms with E-state index in [-0.39, 0.29) is 11.7 Å². The molecule has 3 aromatic rings. The van der Waals surface area contributed by atoms with E-state index in [1.54, 1.807) is 11.3 Å². The first-order valence-corrected chi connectivity index (χ1v) is 10.7. The summed E-state index contributed by atoms with van der Waals surface area (Å²) in [6.45, 7) is 1.87. The number of amides is 2. The molecule has 4 nitrogen and oxygen atoms in total. The normalized spacial score (nSPS) is 14.8. The Morgan fingerprint density at radius 1 is 1.10 bits per heavy atom. The Hall–Kier alpha value is -2.74. The number of hydrogen-bond donors (Lipinski definition) is 2. The molecule has 8 heteroatoms. The lowest BCUT2D eigenvalue weighted by Crippen LogP contribution is -2.32. The number of nitrogens with one attached hydrogen (secondary N) is 2. The minimum Gasteiger partial charge on any atom is -0.331 e. The Bertz CT molecular complexity index is 1040. The van der Waals surface area contributed by atoms with Gasteiger partial charge in [-0.3, -0.25) is 0 Å². The Morgan fingerprint density at radius 3 is 2.53 bits per heavy atom. The van der Waals surface area contributed by atoms with Gasteiger partial charge in [-0.1, -0.05) is 12.1 Å². The third-order valence-electron chi connectivity index (χ3n) is 5.29. The van der Waals surface area contributed by atoms with E-state index in [1.807, 2.05) is 36.0 Å². The highest BCUT2D eigenvalue weighted by Crippen LogP contribution is 2.40. The summed E-state index contributed by atoms with van der Waals surface area (Å²) in [4.78, 5) is 13.9. The molecular formula is C22H22F3N3OS. The summed E-state index contributed by atoms with van der Waals surface area (Å²) in [6.07, 6.45) is 3.61. The lowest BCUT2D eigenvalue weighted by atomic mass is 9.93. The molecule has 0 spiro atoms. The highest BCUT2D eigenvalue weighted by atomic mass is 32.1. The summed E-state index contributed by atoms with van der Waals surface area (Å²) in [5.41, 5.74) is 1.19. The van der Waals surface area contributed by atoms with Gasteiger partial charge in [0.2, 0.25) is 0 Å². The molecule has 1 aromatic carbocycles. The molecule has 2 N–H and O–H groups in total. The number of thiophene rings is 1. The van der Waals surface area contributed by atoms with Gasteiger partial charge < -0.3 is 15.2 Å². The summed E-state index contributed by atoms with van der Waals surface area (Å²) < 4.78 is 41.7. The van der Waals surface area contributed by atoms with Crippen molar-refractivity contribution < 1.29 is 18.0 Å². The van der Waals surface area contributed by atoms with Gasteiger partial charge in [-0.2, -0.15) is 13.2 Å². The Labute approximate surface area is 176 Å². The van der Waals surface area contributed by atoms with Gasteiger partial charge in [-0.15, -0.1) is 11.3 Å². The van der Waals surface area contributed by atoms with E-state index in [4.69, 9.17) is 0 Å². The molecule has 1 aliphatic rings. The molecule has 0 bridgehead atoms. The van der Waals surface area contributed by atoms with E-state index < -0.39 is 17.8 Å². The number of anilines is 1. The number of para-hydroxylation sites is 1. The SMILES string of the molecule is C[C@@H](NC(=O)Nc1ccccc1C(F)(F)F)c1c(-n2cccc2)sc2c1CCCC2. The number of urea groups is 1. The number of benzene rings is 1. The zero-order chi connectivity index (χ0) is 21.3. The number of halogens is 3. The zero-order valence-electron chi connectivity index (χ0n) is 16.4. The Balaban J connectivity index is 1.59. The van der Waals surface area contributed by atoms with Gasteiger partial charge in [0.05, 0.1) is 17.3 Å². The predicted molar refractivity (Wildman–Crippen MR) is 112 cm³/mol. The first kappa shape index (κ1) is 20.5. The fraction of sp³-hybridized carbons (Fsp3) is 0.318. The average Bonchev–Trinajstić information content (AvgIpc) is 3.35.